The van der Waals surface area contributed by atoms with Gasteiger partial charge in [0.05, 0.1) is 17.8 Å². The van der Waals surface area contributed by atoms with Crippen LogP contribution in [0.5, 0.6) is 5.75 Å². The second-order valence-corrected chi connectivity index (χ2v) is 8.85. The Morgan fingerprint density at radius 2 is 1.92 bits per heavy atom. The van der Waals surface area contributed by atoms with E-state index in [4.69, 9.17) is 4.74 Å². The number of benzene rings is 2. The summed E-state index contributed by atoms with van der Waals surface area (Å²) in [5.41, 5.74) is 3.29. The van der Waals surface area contributed by atoms with E-state index in [1.165, 1.54) is 19.2 Å². The highest BCUT2D eigenvalue weighted by Gasteiger charge is 2.24. The molecule has 1 saturated heterocycles. The minimum Gasteiger partial charge on any atom is -0.490 e. The monoisotopic (exact) mass is 500 g/mol. The van der Waals surface area contributed by atoms with E-state index in [2.05, 4.69) is 27.2 Å². The number of aromatic nitrogens is 2. The lowest BCUT2D eigenvalue weighted by Crippen LogP contribution is -2.36. The highest BCUT2D eigenvalue weighted by Crippen LogP contribution is 2.35. The number of nitrogens with zero attached hydrogens (tertiary/aromatic N) is 4. The predicted octanol–water partition coefficient (Wildman–Crippen LogP) is 4.00. The molecule has 0 aliphatic carbocycles. The van der Waals surface area contributed by atoms with Crippen LogP contribution in [0.1, 0.15) is 30.1 Å². The summed E-state index contributed by atoms with van der Waals surface area (Å²) in [4.78, 5) is 37.0. The van der Waals surface area contributed by atoms with Gasteiger partial charge in [0.2, 0.25) is 5.95 Å². The van der Waals surface area contributed by atoms with Gasteiger partial charge in [0.1, 0.15) is 24.4 Å². The third-order valence-corrected chi connectivity index (χ3v) is 6.37. The van der Waals surface area contributed by atoms with E-state index in [9.17, 15) is 14.7 Å². The summed E-state index contributed by atoms with van der Waals surface area (Å²) >= 11 is 0. The average molecular weight is 501 g/mol. The molecule has 3 aromatic rings. The van der Waals surface area contributed by atoms with Crippen LogP contribution in [0.25, 0.3) is 0 Å². The lowest BCUT2D eigenvalue weighted by molar-refractivity contribution is -0.114. The van der Waals surface area contributed by atoms with E-state index in [-0.39, 0.29) is 11.7 Å². The summed E-state index contributed by atoms with van der Waals surface area (Å²) in [6.07, 6.45) is 4.03. The summed E-state index contributed by atoms with van der Waals surface area (Å²) in [6, 6.07) is 13.0. The number of nitrogens with one attached hydrogen (secondary N) is 2. The predicted molar refractivity (Wildman–Crippen MR) is 142 cm³/mol. The highest BCUT2D eigenvalue weighted by atomic mass is 16.5. The molecule has 0 bridgehead atoms. The molecule has 1 atom stereocenters. The van der Waals surface area contributed by atoms with Crippen molar-refractivity contribution in [3.8, 4) is 5.75 Å². The fraction of sp³-hybridized carbons (Fsp3) is 0.259. The maximum Gasteiger partial charge on any atom is 0.250 e. The second-order valence-electron chi connectivity index (χ2n) is 8.85. The Kier molecular flexibility index (Phi) is 6.74. The smallest absolute Gasteiger partial charge is 0.250 e. The van der Waals surface area contributed by atoms with E-state index in [1.807, 2.05) is 29.2 Å². The molecule has 1 aromatic heterocycles. The third-order valence-electron chi connectivity index (χ3n) is 6.37. The molecule has 37 heavy (non-hydrogen) atoms. The number of Topliss-reactive ketones (excluding diaryl/α,β-unsaturated/α-hetero) is 1. The van der Waals surface area contributed by atoms with E-state index >= 15 is 0 Å². The number of aliphatic hydroxyl groups excluding tert-OH is 1. The standard InChI is InChI=1S/C27H28N6O4/c1-3-24(35)33-13-14-37-23-11-8-19(15-22(23)33)29-26-21(17(2)34)16-28-27(31-26)30-18-6-9-20(10-7-18)32-12-4-5-25(32)36/h3,6-11,15-16,25,36H,1,4-5,12-14H2,2H3,(H2,28,29,30,31). The minimum atomic E-state index is -0.452. The lowest BCUT2D eigenvalue weighted by atomic mass is 10.2. The molecule has 1 unspecified atom stereocenters. The number of rotatable bonds is 7. The van der Waals surface area contributed by atoms with E-state index < -0.39 is 6.23 Å². The van der Waals surface area contributed by atoms with Crippen molar-refractivity contribution in [1.29, 1.82) is 0 Å². The summed E-state index contributed by atoms with van der Waals surface area (Å²) in [7, 11) is 0. The Hall–Kier alpha value is -4.44. The van der Waals surface area contributed by atoms with Crippen LogP contribution in [0.3, 0.4) is 0 Å². The minimum absolute atomic E-state index is 0.188. The van der Waals surface area contributed by atoms with Crippen molar-refractivity contribution >= 4 is 46.2 Å². The van der Waals surface area contributed by atoms with E-state index in [1.54, 1.807) is 23.1 Å². The summed E-state index contributed by atoms with van der Waals surface area (Å²) in [5, 5.41) is 16.5. The first kappa shape index (κ1) is 24.3. The van der Waals surface area contributed by atoms with Crippen molar-refractivity contribution in [2.45, 2.75) is 26.0 Å². The van der Waals surface area contributed by atoms with Crippen LogP contribution < -0.4 is 25.2 Å². The van der Waals surface area contributed by atoms with Crippen LogP contribution >= 0.6 is 0 Å². The molecule has 3 N–H and O–H groups in total. The molecule has 5 rings (SSSR count). The van der Waals surface area contributed by atoms with Crippen LogP contribution in [0, 0.1) is 0 Å². The molecule has 10 nitrogen and oxygen atoms in total. The zero-order valence-corrected chi connectivity index (χ0v) is 20.5. The maximum atomic E-state index is 12.3. The van der Waals surface area contributed by atoms with Gasteiger partial charge in [-0.05, 0) is 68.3 Å². The fourth-order valence-corrected chi connectivity index (χ4v) is 4.48. The van der Waals surface area contributed by atoms with Gasteiger partial charge < -0.3 is 30.3 Å². The highest BCUT2D eigenvalue weighted by molar-refractivity contribution is 6.03. The number of carbonyl (C=O) groups is 2. The number of hydrogen-bond acceptors (Lipinski definition) is 9. The fourth-order valence-electron chi connectivity index (χ4n) is 4.48. The first-order chi connectivity index (χ1) is 17.9. The quantitative estimate of drug-likeness (QED) is 0.327. The van der Waals surface area contributed by atoms with Gasteiger partial charge in [-0.15, -0.1) is 0 Å². The Morgan fingerprint density at radius 3 is 2.62 bits per heavy atom. The van der Waals surface area contributed by atoms with Crippen molar-refractivity contribution < 1.29 is 19.4 Å². The molecule has 1 amide bonds. The molecule has 2 aliphatic rings. The normalized spacial score (nSPS) is 16.5. The molecule has 1 fully saturated rings. The number of ketones is 1. The molecule has 2 aromatic carbocycles. The molecule has 2 aliphatic heterocycles. The van der Waals surface area contributed by atoms with E-state index in [0.717, 1.165) is 30.8 Å². The van der Waals surface area contributed by atoms with E-state index in [0.29, 0.717) is 47.6 Å². The number of anilines is 6. The summed E-state index contributed by atoms with van der Waals surface area (Å²) in [6.45, 7) is 6.67. The Labute approximate surface area is 214 Å². The second kappa shape index (κ2) is 10.3. The zero-order valence-electron chi connectivity index (χ0n) is 20.5. The van der Waals surface area contributed by atoms with Gasteiger partial charge in [-0.1, -0.05) is 6.58 Å². The zero-order chi connectivity index (χ0) is 25.9. The Bertz CT molecular complexity index is 1340. The summed E-state index contributed by atoms with van der Waals surface area (Å²) < 4.78 is 5.69. The molecule has 0 radical (unpaired) electrons. The van der Waals surface area contributed by atoms with Gasteiger partial charge in [-0.2, -0.15) is 4.98 Å². The SMILES string of the molecule is C=CC(=O)N1CCOc2ccc(Nc3nc(Nc4ccc(N5CCCC5O)cc4)ncc3C(C)=O)cc21. The molecular formula is C27H28N6O4. The topological polar surface area (TPSA) is 120 Å². The average Bonchev–Trinajstić information content (AvgIpc) is 3.34. The molecule has 0 spiro atoms. The number of ether oxygens (including phenoxy) is 1. The lowest BCUT2D eigenvalue weighted by Gasteiger charge is -2.29. The van der Waals surface area contributed by atoms with Crippen molar-refractivity contribution in [3.63, 3.8) is 0 Å². The van der Waals surface area contributed by atoms with Gasteiger partial charge in [-0.25, -0.2) is 4.98 Å². The van der Waals surface area contributed by atoms with Gasteiger partial charge in [0, 0.05) is 29.8 Å². The Balaban J connectivity index is 1.38. The number of aliphatic hydroxyl groups is 1. The van der Waals surface area contributed by atoms with Gasteiger partial charge in [0.15, 0.2) is 5.78 Å². The first-order valence-corrected chi connectivity index (χ1v) is 12.1. The molecular weight excluding hydrogens is 472 g/mol. The summed E-state index contributed by atoms with van der Waals surface area (Å²) in [5.74, 6) is 0.831. The maximum absolute atomic E-state index is 12.3. The largest absolute Gasteiger partial charge is 0.490 e. The van der Waals surface area contributed by atoms with Gasteiger partial charge in [-0.3, -0.25) is 9.59 Å². The van der Waals surface area contributed by atoms with Gasteiger partial charge >= 0.3 is 0 Å². The molecule has 0 saturated carbocycles. The number of amides is 1. The van der Waals surface area contributed by atoms with Crippen LogP contribution in [-0.4, -0.2) is 52.7 Å². The van der Waals surface area contributed by atoms with Crippen LogP contribution in [0.4, 0.5) is 34.5 Å². The van der Waals surface area contributed by atoms with Crippen LogP contribution in [-0.2, 0) is 4.79 Å². The molecule has 3 heterocycles. The number of carbonyl (C=O) groups excluding carboxylic acids is 2. The van der Waals surface area contributed by atoms with Crippen LogP contribution in [0.15, 0.2) is 61.3 Å². The first-order valence-electron chi connectivity index (χ1n) is 12.1. The number of hydrogen-bond donors (Lipinski definition) is 3. The van der Waals surface area contributed by atoms with Crippen molar-refractivity contribution in [2.24, 2.45) is 0 Å². The van der Waals surface area contributed by atoms with Crippen molar-refractivity contribution in [3.05, 3.63) is 66.9 Å². The third kappa shape index (κ3) is 5.10. The molecule has 10 heteroatoms. The van der Waals surface area contributed by atoms with Gasteiger partial charge in [0.25, 0.3) is 5.91 Å². The van der Waals surface area contributed by atoms with Crippen LogP contribution in [0.2, 0.25) is 0 Å². The number of fused-ring (bicyclic) bond motifs is 1. The van der Waals surface area contributed by atoms with Crippen molar-refractivity contribution in [2.75, 3.05) is 40.1 Å². The molecule has 190 valence electrons. The van der Waals surface area contributed by atoms with Crippen molar-refractivity contribution in [1.82, 2.24) is 9.97 Å². The Morgan fingerprint density at radius 1 is 1.14 bits per heavy atom.